The highest BCUT2D eigenvalue weighted by Gasteiger charge is 2.06. The molecule has 0 heterocycles. The fraction of sp³-hybridized carbons (Fsp3) is 0.200. The average Bonchev–Trinajstić information content (AvgIpc) is 2.35. The van der Waals surface area contributed by atoms with Crippen molar-refractivity contribution in [2.45, 2.75) is 20.0 Å². The molecule has 2 N–H and O–H groups in total. The number of aryl methyl sites for hydroxylation is 1. The lowest BCUT2D eigenvalue weighted by Gasteiger charge is -2.15. The van der Waals surface area contributed by atoms with E-state index in [1.165, 1.54) is 5.56 Å². The van der Waals surface area contributed by atoms with Crippen LogP contribution in [0.5, 0.6) is 5.75 Å². The van der Waals surface area contributed by atoms with Gasteiger partial charge in [0.2, 0.25) is 0 Å². The lowest BCUT2D eigenvalue weighted by atomic mass is 10.1. The summed E-state index contributed by atoms with van der Waals surface area (Å²) in [4.78, 5) is 0. The molecule has 0 spiro atoms. The molecule has 0 radical (unpaired) electrons. The Kier molecular flexibility index (Phi) is 3.33. The SMILES string of the molecule is Cc1cc(O[C@H](C)c2ccccc2)ccc1N. The van der Waals surface area contributed by atoms with Gasteiger partial charge in [-0.1, -0.05) is 30.3 Å². The normalized spacial score (nSPS) is 12.1. The molecule has 2 heteroatoms. The van der Waals surface area contributed by atoms with Gasteiger partial charge in [-0.3, -0.25) is 0 Å². The van der Waals surface area contributed by atoms with Gasteiger partial charge in [0.15, 0.2) is 0 Å². The predicted octanol–water partition coefficient (Wildman–Crippen LogP) is 3.72. The molecule has 2 aromatic rings. The molecule has 0 fully saturated rings. The molecule has 0 saturated heterocycles. The highest BCUT2D eigenvalue weighted by molar-refractivity contribution is 5.49. The van der Waals surface area contributed by atoms with Crippen molar-refractivity contribution in [3.8, 4) is 5.75 Å². The van der Waals surface area contributed by atoms with Crippen LogP contribution in [0.1, 0.15) is 24.2 Å². The van der Waals surface area contributed by atoms with Crippen LogP contribution in [0.3, 0.4) is 0 Å². The molecule has 1 atom stereocenters. The first-order chi connectivity index (χ1) is 8.16. The van der Waals surface area contributed by atoms with Crippen LogP contribution in [0.2, 0.25) is 0 Å². The van der Waals surface area contributed by atoms with Gasteiger partial charge >= 0.3 is 0 Å². The molecule has 0 aliphatic heterocycles. The molecule has 2 rings (SSSR count). The van der Waals surface area contributed by atoms with E-state index in [1.54, 1.807) is 0 Å². The van der Waals surface area contributed by atoms with Crippen molar-refractivity contribution in [1.82, 2.24) is 0 Å². The van der Waals surface area contributed by atoms with E-state index in [2.05, 4.69) is 12.1 Å². The Morgan fingerprint density at radius 1 is 1.06 bits per heavy atom. The Bertz CT molecular complexity index is 494. The van der Waals surface area contributed by atoms with Crippen LogP contribution in [-0.4, -0.2) is 0 Å². The fourth-order valence-electron chi connectivity index (χ4n) is 1.72. The molecule has 0 unspecified atom stereocenters. The second-order valence-corrected chi connectivity index (χ2v) is 4.19. The maximum Gasteiger partial charge on any atom is 0.121 e. The van der Waals surface area contributed by atoms with Crippen LogP contribution < -0.4 is 10.5 Å². The van der Waals surface area contributed by atoms with Crippen molar-refractivity contribution in [3.05, 3.63) is 59.7 Å². The monoisotopic (exact) mass is 227 g/mol. The molecular weight excluding hydrogens is 210 g/mol. The van der Waals surface area contributed by atoms with Crippen molar-refractivity contribution in [2.24, 2.45) is 0 Å². The summed E-state index contributed by atoms with van der Waals surface area (Å²) in [7, 11) is 0. The third kappa shape index (κ3) is 2.78. The van der Waals surface area contributed by atoms with E-state index in [9.17, 15) is 0 Å². The number of rotatable bonds is 3. The van der Waals surface area contributed by atoms with Crippen LogP contribution in [0.4, 0.5) is 5.69 Å². The van der Waals surface area contributed by atoms with Crippen molar-refractivity contribution in [3.63, 3.8) is 0 Å². The summed E-state index contributed by atoms with van der Waals surface area (Å²) in [5.41, 5.74) is 8.78. The van der Waals surface area contributed by atoms with Gasteiger partial charge in [0, 0.05) is 5.69 Å². The van der Waals surface area contributed by atoms with E-state index in [0.29, 0.717) is 0 Å². The van der Waals surface area contributed by atoms with Crippen molar-refractivity contribution < 1.29 is 4.74 Å². The molecule has 2 aromatic carbocycles. The number of benzene rings is 2. The van der Waals surface area contributed by atoms with Gasteiger partial charge in [-0.05, 0) is 43.2 Å². The van der Waals surface area contributed by atoms with E-state index < -0.39 is 0 Å². The first kappa shape index (κ1) is 11.5. The summed E-state index contributed by atoms with van der Waals surface area (Å²) in [5.74, 6) is 0.855. The summed E-state index contributed by atoms with van der Waals surface area (Å²) < 4.78 is 5.88. The molecule has 0 bridgehead atoms. The zero-order chi connectivity index (χ0) is 12.3. The number of hydrogen-bond donors (Lipinski definition) is 1. The second-order valence-electron chi connectivity index (χ2n) is 4.19. The average molecular weight is 227 g/mol. The van der Waals surface area contributed by atoms with Gasteiger partial charge in [0.05, 0.1) is 0 Å². The molecule has 88 valence electrons. The molecule has 0 aliphatic carbocycles. The van der Waals surface area contributed by atoms with Gasteiger partial charge in [0.1, 0.15) is 11.9 Å². The van der Waals surface area contributed by atoms with E-state index in [-0.39, 0.29) is 6.10 Å². The maximum absolute atomic E-state index is 5.88. The topological polar surface area (TPSA) is 35.2 Å². The summed E-state index contributed by atoms with van der Waals surface area (Å²) >= 11 is 0. The Hall–Kier alpha value is -1.96. The first-order valence-corrected chi connectivity index (χ1v) is 5.74. The van der Waals surface area contributed by atoms with Gasteiger partial charge < -0.3 is 10.5 Å². The highest BCUT2D eigenvalue weighted by atomic mass is 16.5. The zero-order valence-electron chi connectivity index (χ0n) is 10.2. The van der Waals surface area contributed by atoms with Gasteiger partial charge in [0.25, 0.3) is 0 Å². The minimum absolute atomic E-state index is 0.0409. The number of ether oxygens (including phenoxy) is 1. The van der Waals surface area contributed by atoms with Gasteiger partial charge in [-0.25, -0.2) is 0 Å². The van der Waals surface area contributed by atoms with Gasteiger partial charge in [-0.2, -0.15) is 0 Å². The Labute approximate surface area is 102 Å². The summed E-state index contributed by atoms with van der Waals surface area (Å²) in [5, 5.41) is 0. The van der Waals surface area contributed by atoms with Crippen molar-refractivity contribution in [1.29, 1.82) is 0 Å². The second kappa shape index (κ2) is 4.91. The van der Waals surface area contributed by atoms with Crippen LogP contribution in [0.25, 0.3) is 0 Å². The molecule has 17 heavy (non-hydrogen) atoms. The van der Waals surface area contributed by atoms with Crippen LogP contribution in [0, 0.1) is 6.92 Å². The minimum atomic E-state index is 0.0409. The van der Waals surface area contributed by atoms with Crippen LogP contribution in [0.15, 0.2) is 48.5 Å². The third-order valence-corrected chi connectivity index (χ3v) is 2.82. The number of nitrogens with two attached hydrogens (primary N) is 1. The van der Waals surface area contributed by atoms with Crippen LogP contribution >= 0.6 is 0 Å². The molecule has 0 amide bonds. The minimum Gasteiger partial charge on any atom is -0.486 e. The number of nitrogen functional groups attached to an aromatic ring is 1. The van der Waals surface area contributed by atoms with E-state index in [1.807, 2.05) is 50.2 Å². The Balaban J connectivity index is 2.13. The van der Waals surface area contributed by atoms with Crippen molar-refractivity contribution >= 4 is 5.69 Å². The highest BCUT2D eigenvalue weighted by Crippen LogP contribution is 2.24. The first-order valence-electron chi connectivity index (χ1n) is 5.74. The largest absolute Gasteiger partial charge is 0.486 e. The molecule has 0 aliphatic rings. The molecule has 0 aromatic heterocycles. The van der Waals surface area contributed by atoms with Crippen molar-refractivity contribution in [2.75, 3.05) is 5.73 Å². The van der Waals surface area contributed by atoms with E-state index in [0.717, 1.165) is 17.0 Å². The number of hydrogen-bond acceptors (Lipinski definition) is 2. The standard InChI is InChI=1S/C15H17NO/c1-11-10-14(8-9-15(11)16)17-12(2)13-6-4-3-5-7-13/h3-10,12H,16H2,1-2H3/t12-/m1/s1. The fourth-order valence-corrected chi connectivity index (χ4v) is 1.72. The zero-order valence-corrected chi connectivity index (χ0v) is 10.2. The van der Waals surface area contributed by atoms with E-state index in [4.69, 9.17) is 10.5 Å². The Morgan fingerprint density at radius 3 is 2.41 bits per heavy atom. The predicted molar refractivity (Wildman–Crippen MR) is 71.1 cm³/mol. The number of anilines is 1. The Morgan fingerprint density at radius 2 is 1.76 bits per heavy atom. The maximum atomic E-state index is 5.88. The van der Waals surface area contributed by atoms with E-state index >= 15 is 0 Å². The van der Waals surface area contributed by atoms with Gasteiger partial charge in [-0.15, -0.1) is 0 Å². The lowest BCUT2D eigenvalue weighted by molar-refractivity contribution is 0.227. The smallest absolute Gasteiger partial charge is 0.121 e. The quantitative estimate of drug-likeness (QED) is 0.811. The summed E-state index contributed by atoms with van der Waals surface area (Å²) in [6.07, 6.45) is 0.0409. The molecule has 0 saturated carbocycles. The van der Waals surface area contributed by atoms with Crippen LogP contribution in [-0.2, 0) is 0 Å². The molecular formula is C15H17NO. The summed E-state index contributed by atoms with van der Waals surface area (Å²) in [6, 6.07) is 15.9. The molecule has 2 nitrogen and oxygen atoms in total. The lowest BCUT2D eigenvalue weighted by Crippen LogP contribution is -2.03. The third-order valence-electron chi connectivity index (χ3n) is 2.82. The summed E-state index contributed by atoms with van der Waals surface area (Å²) in [6.45, 7) is 4.02.